The fraction of sp³-hybridized carbons (Fsp3) is 0.192. The highest BCUT2D eigenvalue weighted by Crippen LogP contribution is 2.42. The third kappa shape index (κ3) is 5.82. The molecule has 0 aliphatic heterocycles. The summed E-state index contributed by atoms with van der Waals surface area (Å²) in [6.45, 7) is 4.06. The molecule has 0 spiro atoms. The Morgan fingerprint density at radius 3 is 2.45 bits per heavy atom. The van der Waals surface area contributed by atoms with E-state index in [-0.39, 0.29) is 23.8 Å². The number of aromatic nitrogens is 2. The van der Waals surface area contributed by atoms with E-state index >= 15 is 0 Å². The lowest BCUT2D eigenvalue weighted by atomic mass is 10.2. The predicted octanol–water partition coefficient (Wildman–Crippen LogP) is 7.19. The van der Waals surface area contributed by atoms with Crippen molar-refractivity contribution >= 4 is 70.6 Å². The lowest BCUT2D eigenvalue weighted by Gasteiger charge is -2.16. The largest absolute Gasteiger partial charge is 0.493 e. The maximum Gasteiger partial charge on any atom is 0.282 e. The number of nitro groups is 1. The van der Waals surface area contributed by atoms with Crippen LogP contribution in [0.3, 0.4) is 0 Å². The molecule has 9 nitrogen and oxygen atoms in total. The minimum absolute atomic E-state index is 0.00729. The lowest BCUT2D eigenvalue weighted by molar-refractivity contribution is -0.384. The van der Waals surface area contributed by atoms with Gasteiger partial charge in [0.1, 0.15) is 12.4 Å². The Morgan fingerprint density at radius 2 is 1.82 bits per heavy atom. The van der Waals surface area contributed by atoms with E-state index in [1.165, 1.54) is 23.9 Å². The summed E-state index contributed by atoms with van der Waals surface area (Å²) in [5.41, 5.74) is 1.72. The average molecular weight is 709 g/mol. The quantitative estimate of drug-likeness (QED) is 0.109. The van der Waals surface area contributed by atoms with Crippen molar-refractivity contribution in [3.8, 4) is 11.5 Å². The molecule has 1 heterocycles. The molecule has 0 radical (unpaired) electrons. The number of methoxy groups -OCH3 is 1. The minimum atomic E-state index is -0.452. The van der Waals surface area contributed by atoms with Crippen LogP contribution in [0.15, 0.2) is 71.8 Å². The van der Waals surface area contributed by atoms with Gasteiger partial charge in [-0.1, -0.05) is 29.8 Å². The van der Waals surface area contributed by atoms with Gasteiger partial charge in [-0.2, -0.15) is 9.78 Å². The Balaban J connectivity index is 1.69. The molecule has 3 aromatic carbocycles. The number of ether oxygens (including phenoxy) is 2. The predicted molar refractivity (Wildman–Crippen MR) is 157 cm³/mol. The second-order valence-electron chi connectivity index (χ2n) is 8.49. The maximum atomic E-state index is 13.3. The van der Waals surface area contributed by atoms with Crippen LogP contribution in [0.4, 0.5) is 5.69 Å². The van der Waals surface area contributed by atoms with Crippen molar-refractivity contribution in [2.75, 3.05) is 7.11 Å². The SMILES string of the molecule is COc1cc(C=Nn2c(C(C)C)nc3ccc(Br)cc3c2=O)c(Br)c(Br)c1OCc1ccc([N+](=O)[O-])cc1. The summed E-state index contributed by atoms with van der Waals surface area (Å²) < 4.78 is 14.8. The van der Waals surface area contributed by atoms with Gasteiger partial charge in [0.25, 0.3) is 11.2 Å². The topological polar surface area (TPSA) is 109 Å². The molecule has 0 N–H and O–H groups in total. The van der Waals surface area contributed by atoms with Gasteiger partial charge in [0.2, 0.25) is 0 Å². The van der Waals surface area contributed by atoms with E-state index in [0.29, 0.717) is 42.7 Å². The summed E-state index contributed by atoms with van der Waals surface area (Å²) in [7, 11) is 1.52. The van der Waals surface area contributed by atoms with Gasteiger partial charge < -0.3 is 9.47 Å². The molecular formula is C26H21Br3N4O5. The van der Waals surface area contributed by atoms with E-state index in [2.05, 4.69) is 57.9 Å². The first kappa shape index (κ1) is 27.9. The zero-order valence-electron chi connectivity index (χ0n) is 20.4. The molecule has 38 heavy (non-hydrogen) atoms. The number of benzene rings is 3. The fourth-order valence-corrected chi connectivity index (χ4v) is 4.92. The molecule has 0 saturated heterocycles. The second-order valence-corrected chi connectivity index (χ2v) is 11.0. The van der Waals surface area contributed by atoms with Crippen LogP contribution in [0.5, 0.6) is 11.5 Å². The molecule has 12 heteroatoms. The van der Waals surface area contributed by atoms with Crippen molar-refractivity contribution in [2.45, 2.75) is 26.4 Å². The smallest absolute Gasteiger partial charge is 0.282 e. The van der Waals surface area contributed by atoms with Crippen molar-refractivity contribution in [3.05, 3.63) is 99.4 Å². The van der Waals surface area contributed by atoms with Crippen LogP contribution in [0.2, 0.25) is 0 Å². The highest BCUT2D eigenvalue weighted by molar-refractivity contribution is 9.13. The molecule has 196 valence electrons. The zero-order valence-corrected chi connectivity index (χ0v) is 25.2. The monoisotopic (exact) mass is 706 g/mol. The van der Waals surface area contributed by atoms with Crippen molar-refractivity contribution in [3.63, 3.8) is 0 Å². The summed E-state index contributed by atoms with van der Waals surface area (Å²) >= 11 is 10.5. The van der Waals surface area contributed by atoms with E-state index in [0.717, 1.165) is 10.0 Å². The first-order valence-corrected chi connectivity index (χ1v) is 13.7. The number of halogens is 3. The second kappa shape index (κ2) is 11.7. The number of fused-ring (bicyclic) bond motifs is 1. The van der Waals surface area contributed by atoms with Crippen LogP contribution < -0.4 is 15.0 Å². The van der Waals surface area contributed by atoms with E-state index in [1.54, 1.807) is 36.5 Å². The van der Waals surface area contributed by atoms with Gasteiger partial charge in [-0.05, 0) is 73.8 Å². The summed E-state index contributed by atoms with van der Waals surface area (Å²) in [6, 6.07) is 13.2. The first-order valence-electron chi connectivity index (χ1n) is 11.3. The first-order chi connectivity index (χ1) is 18.1. The van der Waals surface area contributed by atoms with Crippen molar-refractivity contribution in [2.24, 2.45) is 5.10 Å². The maximum absolute atomic E-state index is 13.3. The molecule has 0 amide bonds. The molecule has 0 bridgehead atoms. The standard InChI is InChI=1S/C26H21Br3N4O5/c1-14(2)25-31-20-9-6-17(27)11-19(20)26(34)32(25)30-12-16-10-21(37-3)24(23(29)22(16)28)38-13-15-4-7-18(8-5-15)33(35)36/h4-12,14H,13H2,1-3H3. The van der Waals surface area contributed by atoms with Gasteiger partial charge in [-0.15, -0.1) is 0 Å². The number of rotatable bonds is 8. The molecule has 0 fully saturated rings. The number of nitrogens with zero attached hydrogens (tertiary/aromatic N) is 4. The lowest BCUT2D eigenvalue weighted by Crippen LogP contribution is -2.23. The van der Waals surface area contributed by atoms with Gasteiger partial charge in [0.05, 0.1) is 33.6 Å². The Bertz CT molecular complexity index is 1620. The van der Waals surface area contributed by atoms with Crippen molar-refractivity contribution in [1.82, 2.24) is 9.66 Å². The summed E-state index contributed by atoms with van der Waals surface area (Å²) in [4.78, 5) is 28.4. The molecule has 1 aromatic heterocycles. The summed E-state index contributed by atoms with van der Waals surface area (Å²) in [5.74, 6) is 1.35. The Kier molecular flexibility index (Phi) is 8.64. The number of hydrogen-bond acceptors (Lipinski definition) is 7. The van der Waals surface area contributed by atoms with E-state index in [1.807, 2.05) is 19.9 Å². The van der Waals surface area contributed by atoms with Crippen LogP contribution in [-0.4, -0.2) is 27.9 Å². The zero-order chi connectivity index (χ0) is 27.6. The molecule has 0 atom stereocenters. The van der Waals surface area contributed by atoms with E-state index < -0.39 is 4.92 Å². The van der Waals surface area contributed by atoms with Crippen LogP contribution in [-0.2, 0) is 6.61 Å². The Morgan fingerprint density at radius 1 is 1.11 bits per heavy atom. The number of hydrogen-bond donors (Lipinski definition) is 0. The van der Waals surface area contributed by atoms with E-state index in [4.69, 9.17) is 9.47 Å². The summed E-state index contributed by atoms with van der Waals surface area (Å²) in [6.07, 6.45) is 1.55. The van der Waals surface area contributed by atoms with Gasteiger partial charge >= 0.3 is 0 Å². The van der Waals surface area contributed by atoms with Crippen molar-refractivity contribution < 1.29 is 14.4 Å². The number of nitro benzene ring substituents is 1. The van der Waals surface area contributed by atoms with Crippen LogP contribution in [0.25, 0.3) is 10.9 Å². The Hall–Kier alpha value is -3.09. The molecule has 4 rings (SSSR count). The number of non-ortho nitro benzene ring substituents is 1. The van der Waals surface area contributed by atoms with Crippen LogP contribution in [0.1, 0.15) is 36.7 Å². The van der Waals surface area contributed by atoms with Gasteiger partial charge in [0.15, 0.2) is 11.5 Å². The van der Waals surface area contributed by atoms with Gasteiger partial charge in [-0.25, -0.2) is 4.98 Å². The molecule has 0 aliphatic rings. The fourth-order valence-electron chi connectivity index (χ4n) is 3.63. The highest BCUT2D eigenvalue weighted by atomic mass is 79.9. The minimum Gasteiger partial charge on any atom is -0.493 e. The van der Waals surface area contributed by atoms with Gasteiger partial charge in [-0.3, -0.25) is 14.9 Å². The van der Waals surface area contributed by atoms with E-state index in [9.17, 15) is 14.9 Å². The highest BCUT2D eigenvalue weighted by Gasteiger charge is 2.18. The average Bonchev–Trinajstić information content (AvgIpc) is 2.89. The third-order valence-electron chi connectivity index (χ3n) is 5.57. The summed E-state index contributed by atoms with van der Waals surface area (Å²) in [5, 5.41) is 15.8. The normalized spacial score (nSPS) is 11.4. The van der Waals surface area contributed by atoms with Gasteiger partial charge in [0, 0.05) is 32.6 Å². The van der Waals surface area contributed by atoms with Crippen LogP contribution in [0, 0.1) is 10.1 Å². The Labute approximate surface area is 243 Å². The van der Waals surface area contributed by atoms with Crippen LogP contribution >= 0.6 is 47.8 Å². The molecule has 4 aromatic rings. The molecule has 0 saturated carbocycles. The third-order valence-corrected chi connectivity index (χ3v) is 8.20. The molecule has 0 unspecified atom stereocenters. The molecule has 0 aliphatic carbocycles. The van der Waals surface area contributed by atoms with Crippen molar-refractivity contribution in [1.29, 1.82) is 0 Å². The molecular weight excluding hydrogens is 688 g/mol.